The minimum absolute atomic E-state index is 0.113. The maximum Gasteiger partial charge on any atom is 0.162 e. The number of hydrogen-bond donors (Lipinski definition) is 1. The Morgan fingerprint density at radius 2 is 1.93 bits per heavy atom. The summed E-state index contributed by atoms with van der Waals surface area (Å²) in [4.78, 5) is 11.7. The Kier molecular flexibility index (Phi) is 4.50. The lowest BCUT2D eigenvalue weighted by Gasteiger charge is -2.06. The van der Waals surface area contributed by atoms with Crippen LogP contribution in [0.15, 0.2) is 24.3 Å². The Bertz CT molecular complexity index is 314. The summed E-state index contributed by atoms with van der Waals surface area (Å²) in [7, 11) is 0. The Morgan fingerprint density at radius 3 is 2.47 bits per heavy atom. The van der Waals surface area contributed by atoms with Crippen molar-refractivity contribution in [1.29, 1.82) is 0 Å². The van der Waals surface area contributed by atoms with Crippen molar-refractivity contribution in [3.8, 4) is 0 Å². The van der Waals surface area contributed by atoms with Crippen molar-refractivity contribution in [2.24, 2.45) is 0 Å². The maximum absolute atomic E-state index is 11.7. The van der Waals surface area contributed by atoms with Crippen molar-refractivity contribution in [2.45, 2.75) is 39.2 Å². The first-order chi connectivity index (χ1) is 7.13. The van der Waals surface area contributed by atoms with Crippen LogP contribution in [-0.4, -0.2) is 17.0 Å². The summed E-state index contributed by atoms with van der Waals surface area (Å²) < 4.78 is 0. The molecule has 82 valence electrons. The van der Waals surface area contributed by atoms with Gasteiger partial charge >= 0.3 is 0 Å². The highest BCUT2D eigenvalue weighted by Crippen LogP contribution is 2.09. The summed E-state index contributed by atoms with van der Waals surface area (Å²) in [6, 6.07) is 7.55. The zero-order chi connectivity index (χ0) is 11.3. The van der Waals surface area contributed by atoms with E-state index < -0.39 is 0 Å². The van der Waals surface area contributed by atoms with Crippen LogP contribution in [0.5, 0.6) is 0 Å². The second-order valence-corrected chi connectivity index (χ2v) is 3.89. The third-order valence-corrected chi connectivity index (χ3v) is 2.55. The van der Waals surface area contributed by atoms with Crippen LogP contribution >= 0.6 is 0 Å². The summed E-state index contributed by atoms with van der Waals surface area (Å²) in [5, 5.41) is 9.35. The van der Waals surface area contributed by atoms with E-state index in [1.807, 2.05) is 38.1 Å². The molecule has 0 amide bonds. The number of carbonyl (C=O) groups excluding carboxylic acids is 1. The van der Waals surface area contributed by atoms with Crippen LogP contribution in [0.3, 0.4) is 0 Å². The summed E-state index contributed by atoms with van der Waals surface area (Å²) in [5.41, 5.74) is 1.89. The van der Waals surface area contributed by atoms with Gasteiger partial charge in [-0.1, -0.05) is 36.8 Å². The number of carbonyl (C=O) groups is 1. The minimum Gasteiger partial charge on any atom is -0.393 e. The van der Waals surface area contributed by atoms with Crippen LogP contribution in [0.1, 0.15) is 42.1 Å². The highest BCUT2D eigenvalue weighted by Gasteiger charge is 2.08. The third kappa shape index (κ3) is 3.84. The molecule has 0 aliphatic rings. The molecule has 0 spiro atoms. The zero-order valence-electron chi connectivity index (χ0n) is 9.36. The lowest BCUT2D eigenvalue weighted by molar-refractivity contribution is 0.0937. The van der Waals surface area contributed by atoms with Gasteiger partial charge in [0, 0.05) is 12.0 Å². The molecule has 0 fully saturated rings. The molecule has 1 N–H and O–H groups in total. The molecule has 0 bridgehead atoms. The quantitative estimate of drug-likeness (QED) is 0.752. The molecule has 15 heavy (non-hydrogen) atoms. The number of Topliss-reactive ketones (excluding diaryl/α,β-unsaturated/α-hetero) is 1. The zero-order valence-corrected chi connectivity index (χ0v) is 9.36. The molecule has 2 heteroatoms. The van der Waals surface area contributed by atoms with Gasteiger partial charge in [-0.3, -0.25) is 4.79 Å². The smallest absolute Gasteiger partial charge is 0.162 e. The molecule has 1 aromatic carbocycles. The van der Waals surface area contributed by atoms with Crippen LogP contribution in [-0.2, 0) is 0 Å². The van der Waals surface area contributed by atoms with Gasteiger partial charge in [-0.2, -0.15) is 0 Å². The summed E-state index contributed by atoms with van der Waals surface area (Å²) in [6.07, 6.45) is 1.35. The molecular formula is C13H18O2. The molecule has 0 heterocycles. The number of aliphatic hydroxyl groups excluding tert-OH is 1. The molecule has 2 nitrogen and oxygen atoms in total. The van der Waals surface area contributed by atoms with Gasteiger partial charge < -0.3 is 5.11 Å². The first-order valence-electron chi connectivity index (χ1n) is 5.41. The van der Waals surface area contributed by atoms with Gasteiger partial charge in [0.05, 0.1) is 6.10 Å². The first-order valence-corrected chi connectivity index (χ1v) is 5.41. The van der Waals surface area contributed by atoms with Crippen molar-refractivity contribution in [3.63, 3.8) is 0 Å². The number of benzene rings is 1. The van der Waals surface area contributed by atoms with Gasteiger partial charge in [0.1, 0.15) is 0 Å². The summed E-state index contributed by atoms with van der Waals surface area (Å²) in [6.45, 7) is 3.91. The number of rotatable bonds is 5. The number of ketones is 1. The molecule has 0 aliphatic heterocycles. The van der Waals surface area contributed by atoms with Crippen molar-refractivity contribution in [3.05, 3.63) is 35.4 Å². The minimum atomic E-state index is -0.348. The van der Waals surface area contributed by atoms with E-state index in [2.05, 4.69) is 0 Å². The van der Waals surface area contributed by atoms with E-state index in [-0.39, 0.29) is 11.9 Å². The van der Waals surface area contributed by atoms with Crippen molar-refractivity contribution >= 4 is 5.78 Å². The highest BCUT2D eigenvalue weighted by atomic mass is 16.3. The molecule has 0 radical (unpaired) electrons. The predicted molar refractivity (Wildman–Crippen MR) is 61.0 cm³/mol. The third-order valence-electron chi connectivity index (χ3n) is 2.55. The van der Waals surface area contributed by atoms with E-state index in [0.717, 1.165) is 11.1 Å². The Hall–Kier alpha value is -1.15. The molecular weight excluding hydrogens is 188 g/mol. The van der Waals surface area contributed by atoms with Crippen LogP contribution < -0.4 is 0 Å². The number of aliphatic hydroxyl groups is 1. The fraction of sp³-hybridized carbons (Fsp3) is 0.462. The lowest BCUT2D eigenvalue weighted by Crippen LogP contribution is -2.08. The molecule has 0 unspecified atom stereocenters. The predicted octanol–water partition coefficient (Wildman–Crippen LogP) is 2.73. The van der Waals surface area contributed by atoms with E-state index in [4.69, 9.17) is 0 Å². The maximum atomic E-state index is 11.7. The number of hydrogen-bond acceptors (Lipinski definition) is 2. The van der Waals surface area contributed by atoms with Crippen molar-refractivity contribution in [1.82, 2.24) is 0 Å². The number of aryl methyl sites for hydroxylation is 1. The van der Waals surface area contributed by atoms with E-state index in [9.17, 15) is 9.90 Å². The monoisotopic (exact) mass is 206 g/mol. The van der Waals surface area contributed by atoms with Gasteiger partial charge in [0.25, 0.3) is 0 Å². The van der Waals surface area contributed by atoms with Crippen LogP contribution in [0.2, 0.25) is 0 Å². The molecule has 0 saturated carbocycles. The van der Waals surface area contributed by atoms with Gasteiger partial charge in [0.2, 0.25) is 0 Å². The largest absolute Gasteiger partial charge is 0.393 e. The van der Waals surface area contributed by atoms with Crippen LogP contribution in [0, 0.1) is 6.92 Å². The molecule has 1 atom stereocenters. The van der Waals surface area contributed by atoms with E-state index >= 15 is 0 Å². The van der Waals surface area contributed by atoms with E-state index in [1.165, 1.54) is 0 Å². The average molecular weight is 206 g/mol. The fourth-order valence-corrected chi connectivity index (χ4v) is 1.39. The van der Waals surface area contributed by atoms with Gasteiger partial charge in [0.15, 0.2) is 5.78 Å². The lowest BCUT2D eigenvalue weighted by atomic mass is 10.0. The normalized spacial score (nSPS) is 12.5. The molecule has 0 aliphatic carbocycles. The van der Waals surface area contributed by atoms with Gasteiger partial charge in [-0.15, -0.1) is 0 Å². The van der Waals surface area contributed by atoms with E-state index in [0.29, 0.717) is 19.3 Å². The fourth-order valence-electron chi connectivity index (χ4n) is 1.39. The first kappa shape index (κ1) is 11.9. The average Bonchev–Trinajstić information content (AvgIpc) is 2.26. The molecule has 1 aromatic rings. The topological polar surface area (TPSA) is 37.3 Å². The standard InChI is InChI=1S/C13H18O2/c1-3-12(14)8-9-13(15)11-6-4-10(2)5-7-11/h4-7,12,14H,3,8-9H2,1-2H3/t12-/m1/s1. The van der Waals surface area contributed by atoms with Crippen LogP contribution in [0.4, 0.5) is 0 Å². The van der Waals surface area contributed by atoms with Crippen molar-refractivity contribution in [2.75, 3.05) is 0 Å². The van der Waals surface area contributed by atoms with Gasteiger partial charge in [-0.05, 0) is 19.8 Å². The Morgan fingerprint density at radius 1 is 1.33 bits per heavy atom. The van der Waals surface area contributed by atoms with Gasteiger partial charge in [-0.25, -0.2) is 0 Å². The second kappa shape index (κ2) is 5.66. The Labute approximate surface area is 90.9 Å². The molecule has 1 rings (SSSR count). The molecule has 0 aromatic heterocycles. The molecule has 0 saturated heterocycles. The summed E-state index contributed by atoms with van der Waals surface area (Å²) in [5.74, 6) is 0.113. The van der Waals surface area contributed by atoms with Crippen molar-refractivity contribution < 1.29 is 9.90 Å². The SMILES string of the molecule is CC[C@@H](O)CCC(=O)c1ccc(C)cc1. The second-order valence-electron chi connectivity index (χ2n) is 3.89. The van der Waals surface area contributed by atoms with Crippen LogP contribution in [0.25, 0.3) is 0 Å². The highest BCUT2D eigenvalue weighted by molar-refractivity contribution is 5.96. The Balaban J connectivity index is 2.50. The summed E-state index contributed by atoms with van der Waals surface area (Å²) >= 11 is 0. The van der Waals surface area contributed by atoms with E-state index in [1.54, 1.807) is 0 Å².